The second kappa shape index (κ2) is 6.98. The number of nitro groups is 1. The van der Waals surface area contributed by atoms with Crippen LogP contribution in [-0.4, -0.2) is 34.2 Å². The molecular formula is C14H12N4O5. The molecule has 9 nitrogen and oxygen atoms in total. The first-order valence-corrected chi connectivity index (χ1v) is 6.33. The molecule has 1 heterocycles. The topological polar surface area (TPSA) is 127 Å². The van der Waals surface area contributed by atoms with E-state index < -0.39 is 16.5 Å². The standard InChI is InChI=1S/C14H12N4O5/c1-23-13-11(19)6-5-9(12(13)18(21)22)8-16-17-14(20)10-4-2-3-7-15-10/h2-8,19H,1H3,(H,17,20)/b16-8+. The van der Waals surface area contributed by atoms with E-state index in [1.54, 1.807) is 12.1 Å². The number of hydrogen-bond donors (Lipinski definition) is 2. The molecule has 2 N–H and O–H groups in total. The van der Waals surface area contributed by atoms with E-state index in [2.05, 4.69) is 15.5 Å². The highest BCUT2D eigenvalue weighted by Crippen LogP contribution is 2.37. The van der Waals surface area contributed by atoms with E-state index in [0.29, 0.717) is 0 Å². The summed E-state index contributed by atoms with van der Waals surface area (Å²) in [6.07, 6.45) is 2.54. The third-order valence-electron chi connectivity index (χ3n) is 2.80. The number of phenols is 1. The molecule has 9 heteroatoms. The highest BCUT2D eigenvalue weighted by atomic mass is 16.6. The van der Waals surface area contributed by atoms with Crippen LogP contribution in [0.2, 0.25) is 0 Å². The summed E-state index contributed by atoms with van der Waals surface area (Å²) in [5.74, 6) is -1.21. The summed E-state index contributed by atoms with van der Waals surface area (Å²) in [6.45, 7) is 0. The maximum absolute atomic E-state index is 11.7. The molecule has 1 amide bonds. The second-order valence-electron chi connectivity index (χ2n) is 4.23. The molecule has 0 aliphatic carbocycles. The lowest BCUT2D eigenvalue weighted by molar-refractivity contribution is -0.386. The van der Waals surface area contributed by atoms with Gasteiger partial charge in [0, 0.05) is 6.20 Å². The monoisotopic (exact) mass is 316 g/mol. The molecule has 1 aromatic heterocycles. The molecule has 2 rings (SSSR count). The lowest BCUT2D eigenvalue weighted by Gasteiger charge is -2.06. The van der Waals surface area contributed by atoms with Crippen LogP contribution in [0.5, 0.6) is 11.5 Å². The lowest BCUT2D eigenvalue weighted by atomic mass is 10.1. The number of amides is 1. The highest BCUT2D eigenvalue weighted by molar-refractivity contribution is 5.94. The van der Waals surface area contributed by atoms with Crippen LogP contribution in [0.4, 0.5) is 5.69 Å². The van der Waals surface area contributed by atoms with Crippen LogP contribution in [0.15, 0.2) is 41.6 Å². The van der Waals surface area contributed by atoms with Gasteiger partial charge in [0.1, 0.15) is 5.69 Å². The number of hydrogen-bond acceptors (Lipinski definition) is 7. The molecule has 0 bridgehead atoms. The van der Waals surface area contributed by atoms with Gasteiger partial charge in [-0.2, -0.15) is 5.10 Å². The van der Waals surface area contributed by atoms with Crippen molar-refractivity contribution < 1.29 is 19.6 Å². The molecule has 1 aromatic carbocycles. The molecule has 0 atom stereocenters. The summed E-state index contributed by atoms with van der Waals surface area (Å²) in [5, 5.41) is 24.4. The van der Waals surface area contributed by atoms with Gasteiger partial charge in [-0.05, 0) is 24.3 Å². The van der Waals surface area contributed by atoms with Crippen molar-refractivity contribution in [3.63, 3.8) is 0 Å². The minimum Gasteiger partial charge on any atom is -0.504 e. The Morgan fingerprint density at radius 3 is 2.83 bits per heavy atom. The second-order valence-corrected chi connectivity index (χ2v) is 4.23. The predicted octanol–water partition coefficient (Wildman–Crippen LogP) is 1.47. The third kappa shape index (κ3) is 3.59. The molecule has 0 aliphatic heterocycles. The number of nitro benzene ring substituents is 1. The Morgan fingerprint density at radius 2 is 2.22 bits per heavy atom. The fraction of sp³-hybridized carbons (Fsp3) is 0.0714. The van der Waals surface area contributed by atoms with E-state index in [1.165, 1.54) is 31.5 Å². The van der Waals surface area contributed by atoms with Crippen molar-refractivity contribution in [3.8, 4) is 11.5 Å². The fourth-order valence-corrected chi connectivity index (χ4v) is 1.78. The molecule has 0 saturated carbocycles. The van der Waals surface area contributed by atoms with Gasteiger partial charge in [0.25, 0.3) is 5.91 Å². The van der Waals surface area contributed by atoms with Crippen LogP contribution in [0.25, 0.3) is 0 Å². The first kappa shape index (κ1) is 15.9. The van der Waals surface area contributed by atoms with E-state index in [4.69, 9.17) is 4.74 Å². The van der Waals surface area contributed by atoms with Gasteiger partial charge in [-0.3, -0.25) is 19.9 Å². The molecule has 0 spiro atoms. The number of nitrogens with zero attached hydrogens (tertiary/aromatic N) is 3. The van der Waals surface area contributed by atoms with Crippen molar-refractivity contribution in [2.24, 2.45) is 5.10 Å². The van der Waals surface area contributed by atoms with Gasteiger partial charge >= 0.3 is 5.69 Å². The summed E-state index contributed by atoms with van der Waals surface area (Å²) in [4.78, 5) is 26.0. The van der Waals surface area contributed by atoms with Gasteiger partial charge in [-0.25, -0.2) is 5.43 Å². The maximum Gasteiger partial charge on any atom is 0.323 e. The van der Waals surface area contributed by atoms with E-state index in [-0.39, 0.29) is 22.8 Å². The summed E-state index contributed by atoms with van der Waals surface area (Å²) in [6, 6.07) is 7.31. The average Bonchev–Trinajstić information content (AvgIpc) is 2.56. The van der Waals surface area contributed by atoms with Gasteiger partial charge < -0.3 is 9.84 Å². The molecule has 0 saturated heterocycles. The zero-order valence-corrected chi connectivity index (χ0v) is 12.0. The molecular weight excluding hydrogens is 304 g/mol. The normalized spacial score (nSPS) is 10.5. The molecule has 23 heavy (non-hydrogen) atoms. The Labute approximate surface area is 130 Å². The quantitative estimate of drug-likeness (QED) is 0.488. The molecule has 0 unspecified atom stereocenters. The SMILES string of the molecule is COc1c(O)ccc(/C=N/NC(=O)c2ccccn2)c1[N+](=O)[O-]. The molecule has 0 fully saturated rings. The summed E-state index contributed by atoms with van der Waals surface area (Å²) >= 11 is 0. The van der Waals surface area contributed by atoms with Crippen molar-refractivity contribution in [2.75, 3.05) is 7.11 Å². The molecule has 2 aromatic rings. The van der Waals surface area contributed by atoms with E-state index in [0.717, 1.165) is 6.21 Å². The minimum atomic E-state index is -0.708. The number of pyridine rings is 1. The number of carbonyl (C=O) groups excluding carboxylic acids is 1. The highest BCUT2D eigenvalue weighted by Gasteiger charge is 2.23. The van der Waals surface area contributed by atoms with Gasteiger partial charge in [-0.15, -0.1) is 0 Å². The van der Waals surface area contributed by atoms with Crippen LogP contribution >= 0.6 is 0 Å². The van der Waals surface area contributed by atoms with Crippen LogP contribution < -0.4 is 10.2 Å². The minimum absolute atomic E-state index is 0.0611. The van der Waals surface area contributed by atoms with Crippen LogP contribution in [0.1, 0.15) is 16.1 Å². The van der Waals surface area contributed by atoms with E-state index in [1.807, 2.05) is 0 Å². The van der Waals surface area contributed by atoms with Crippen molar-refractivity contribution in [1.82, 2.24) is 10.4 Å². The van der Waals surface area contributed by atoms with Crippen LogP contribution in [0, 0.1) is 10.1 Å². The van der Waals surface area contributed by atoms with Crippen molar-refractivity contribution >= 4 is 17.8 Å². The number of benzene rings is 1. The number of nitrogens with one attached hydrogen (secondary N) is 1. The van der Waals surface area contributed by atoms with Crippen molar-refractivity contribution in [3.05, 3.63) is 57.9 Å². The number of phenolic OH excluding ortho intramolecular Hbond substituents is 1. The Balaban J connectivity index is 2.23. The van der Waals surface area contributed by atoms with Gasteiger partial charge in [0.2, 0.25) is 5.75 Å². The third-order valence-corrected chi connectivity index (χ3v) is 2.80. The number of rotatable bonds is 5. The average molecular weight is 316 g/mol. The zero-order valence-electron chi connectivity index (χ0n) is 12.0. The van der Waals surface area contributed by atoms with E-state index in [9.17, 15) is 20.0 Å². The van der Waals surface area contributed by atoms with Crippen molar-refractivity contribution in [2.45, 2.75) is 0 Å². The Morgan fingerprint density at radius 1 is 1.43 bits per heavy atom. The zero-order chi connectivity index (χ0) is 16.8. The Hall–Kier alpha value is -3.49. The van der Waals surface area contributed by atoms with Crippen molar-refractivity contribution in [1.29, 1.82) is 0 Å². The molecule has 118 valence electrons. The number of hydrazone groups is 1. The number of ether oxygens (including phenoxy) is 1. The largest absolute Gasteiger partial charge is 0.504 e. The van der Waals surface area contributed by atoms with E-state index >= 15 is 0 Å². The fourth-order valence-electron chi connectivity index (χ4n) is 1.78. The summed E-state index contributed by atoms with van der Waals surface area (Å²) in [5.41, 5.74) is 1.97. The first-order valence-electron chi connectivity index (χ1n) is 6.33. The number of aromatic hydroxyl groups is 1. The number of methoxy groups -OCH3 is 1. The lowest BCUT2D eigenvalue weighted by Crippen LogP contribution is -2.18. The Bertz CT molecular complexity index is 761. The summed E-state index contributed by atoms with van der Waals surface area (Å²) < 4.78 is 4.82. The first-order chi connectivity index (χ1) is 11.0. The van der Waals surface area contributed by atoms with Gasteiger partial charge in [0.15, 0.2) is 5.75 Å². The van der Waals surface area contributed by atoms with Gasteiger partial charge in [-0.1, -0.05) is 6.07 Å². The summed E-state index contributed by atoms with van der Waals surface area (Å²) in [7, 11) is 1.20. The molecule has 0 aliphatic rings. The maximum atomic E-state index is 11.7. The number of aromatic nitrogens is 1. The number of carbonyl (C=O) groups is 1. The van der Waals surface area contributed by atoms with Crippen LogP contribution in [0.3, 0.4) is 0 Å². The predicted molar refractivity (Wildman–Crippen MR) is 80.6 cm³/mol. The Kier molecular flexibility index (Phi) is 4.82. The molecule has 0 radical (unpaired) electrons. The smallest absolute Gasteiger partial charge is 0.323 e. The van der Waals surface area contributed by atoms with Crippen LogP contribution in [-0.2, 0) is 0 Å². The van der Waals surface area contributed by atoms with Gasteiger partial charge in [0.05, 0.1) is 23.8 Å².